The lowest BCUT2D eigenvalue weighted by molar-refractivity contribution is 0.445. The van der Waals surface area contributed by atoms with Crippen molar-refractivity contribution < 1.29 is 0 Å². The first-order valence-corrected chi connectivity index (χ1v) is 5.78. The van der Waals surface area contributed by atoms with Crippen molar-refractivity contribution in [3.8, 4) is 5.69 Å². The van der Waals surface area contributed by atoms with Crippen LogP contribution in [0.15, 0.2) is 42.7 Å². The summed E-state index contributed by atoms with van der Waals surface area (Å²) in [5.74, 6) is 0. The molecule has 82 valence electrons. The van der Waals surface area contributed by atoms with Crippen LogP contribution in [0.4, 0.5) is 5.69 Å². The second kappa shape index (κ2) is 4.00. The van der Waals surface area contributed by atoms with Crippen molar-refractivity contribution in [1.82, 2.24) is 9.78 Å². The predicted octanol–water partition coefficient (Wildman–Crippen LogP) is 2.84. The van der Waals surface area contributed by atoms with Crippen LogP contribution in [0, 0.1) is 0 Å². The van der Waals surface area contributed by atoms with Crippen LogP contribution in [0.2, 0.25) is 0 Å². The summed E-state index contributed by atoms with van der Waals surface area (Å²) in [6.07, 6.45) is 7.72. The molecule has 0 aliphatic heterocycles. The third-order valence-corrected chi connectivity index (χ3v) is 3.11. The average Bonchev–Trinajstić information content (AvgIpc) is 2.78. The van der Waals surface area contributed by atoms with E-state index in [-0.39, 0.29) is 0 Å². The highest BCUT2D eigenvalue weighted by Crippen LogP contribution is 2.23. The SMILES string of the molecule is c1cnn(-c2ccc(NC3CCC3)cc2)c1. The summed E-state index contributed by atoms with van der Waals surface area (Å²) in [6.45, 7) is 0. The Bertz CT molecular complexity index is 441. The number of aromatic nitrogens is 2. The molecule has 0 atom stereocenters. The Labute approximate surface area is 95.1 Å². The Morgan fingerprint density at radius 2 is 2.00 bits per heavy atom. The van der Waals surface area contributed by atoms with Crippen LogP contribution in [0.25, 0.3) is 5.69 Å². The fraction of sp³-hybridized carbons (Fsp3) is 0.308. The maximum Gasteiger partial charge on any atom is 0.0647 e. The van der Waals surface area contributed by atoms with E-state index in [9.17, 15) is 0 Å². The predicted molar refractivity (Wildman–Crippen MR) is 64.8 cm³/mol. The Morgan fingerprint density at radius 3 is 2.56 bits per heavy atom. The first-order chi connectivity index (χ1) is 7.92. The number of nitrogens with zero attached hydrogens (tertiary/aromatic N) is 2. The van der Waals surface area contributed by atoms with E-state index in [1.165, 1.54) is 24.9 Å². The van der Waals surface area contributed by atoms with E-state index in [1.54, 1.807) is 6.20 Å². The van der Waals surface area contributed by atoms with Crippen molar-refractivity contribution in [2.24, 2.45) is 0 Å². The number of hydrogen-bond acceptors (Lipinski definition) is 2. The van der Waals surface area contributed by atoms with Crippen molar-refractivity contribution in [3.63, 3.8) is 0 Å². The molecule has 0 bridgehead atoms. The molecule has 1 fully saturated rings. The molecule has 3 heteroatoms. The van der Waals surface area contributed by atoms with E-state index >= 15 is 0 Å². The minimum Gasteiger partial charge on any atom is -0.382 e. The van der Waals surface area contributed by atoms with Crippen molar-refractivity contribution in [3.05, 3.63) is 42.7 Å². The van der Waals surface area contributed by atoms with Gasteiger partial charge >= 0.3 is 0 Å². The Kier molecular flexibility index (Phi) is 2.37. The van der Waals surface area contributed by atoms with E-state index in [4.69, 9.17) is 0 Å². The van der Waals surface area contributed by atoms with Crippen molar-refractivity contribution in [2.75, 3.05) is 5.32 Å². The lowest BCUT2D eigenvalue weighted by Gasteiger charge is -2.27. The summed E-state index contributed by atoms with van der Waals surface area (Å²) in [6, 6.07) is 11.0. The Hall–Kier alpha value is -1.77. The maximum absolute atomic E-state index is 4.20. The zero-order valence-electron chi connectivity index (χ0n) is 9.13. The molecule has 0 amide bonds. The van der Waals surface area contributed by atoms with Gasteiger partial charge in [-0.2, -0.15) is 5.10 Å². The van der Waals surface area contributed by atoms with E-state index in [0.717, 1.165) is 5.69 Å². The molecule has 0 unspecified atom stereocenters. The van der Waals surface area contributed by atoms with Gasteiger partial charge in [-0.05, 0) is 49.6 Å². The van der Waals surface area contributed by atoms with Crippen LogP contribution >= 0.6 is 0 Å². The van der Waals surface area contributed by atoms with Gasteiger partial charge in [-0.3, -0.25) is 0 Å². The lowest BCUT2D eigenvalue weighted by atomic mass is 9.93. The van der Waals surface area contributed by atoms with Gasteiger partial charge in [0.05, 0.1) is 5.69 Å². The van der Waals surface area contributed by atoms with E-state index in [0.29, 0.717) is 6.04 Å². The number of nitrogens with one attached hydrogen (secondary N) is 1. The third-order valence-electron chi connectivity index (χ3n) is 3.11. The molecule has 3 nitrogen and oxygen atoms in total. The molecule has 16 heavy (non-hydrogen) atoms. The van der Waals surface area contributed by atoms with Crippen LogP contribution in [0.5, 0.6) is 0 Å². The number of benzene rings is 1. The molecule has 1 aliphatic rings. The quantitative estimate of drug-likeness (QED) is 0.849. The topological polar surface area (TPSA) is 29.9 Å². The summed E-state index contributed by atoms with van der Waals surface area (Å²) in [4.78, 5) is 0. The van der Waals surface area contributed by atoms with Crippen LogP contribution in [-0.4, -0.2) is 15.8 Å². The monoisotopic (exact) mass is 213 g/mol. The minimum absolute atomic E-state index is 0.690. The first-order valence-electron chi connectivity index (χ1n) is 5.78. The molecule has 0 spiro atoms. The number of hydrogen-bond donors (Lipinski definition) is 1. The molecule has 0 radical (unpaired) electrons. The molecule has 2 aromatic rings. The average molecular weight is 213 g/mol. The van der Waals surface area contributed by atoms with Crippen molar-refractivity contribution in [2.45, 2.75) is 25.3 Å². The zero-order chi connectivity index (χ0) is 10.8. The van der Waals surface area contributed by atoms with Gasteiger partial charge in [0, 0.05) is 24.1 Å². The normalized spacial score (nSPS) is 15.8. The second-order valence-corrected chi connectivity index (χ2v) is 4.27. The van der Waals surface area contributed by atoms with Gasteiger partial charge in [0.1, 0.15) is 0 Å². The highest BCUT2D eigenvalue weighted by Gasteiger charge is 2.16. The molecule has 1 aromatic heterocycles. The van der Waals surface area contributed by atoms with E-state index < -0.39 is 0 Å². The van der Waals surface area contributed by atoms with Gasteiger partial charge in [-0.1, -0.05) is 0 Å². The largest absolute Gasteiger partial charge is 0.382 e. The molecular formula is C13H15N3. The molecule has 1 heterocycles. The second-order valence-electron chi connectivity index (χ2n) is 4.27. The summed E-state index contributed by atoms with van der Waals surface area (Å²) in [7, 11) is 0. The van der Waals surface area contributed by atoms with Crippen LogP contribution in [-0.2, 0) is 0 Å². The fourth-order valence-corrected chi connectivity index (χ4v) is 1.92. The van der Waals surface area contributed by atoms with Gasteiger partial charge in [0.25, 0.3) is 0 Å². The standard InChI is InChI=1S/C13H15N3/c1-3-11(4-1)15-12-5-7-13(8-6-12)16-10-2-9-14-16/h2,5-11,15H,1,3-4H2. The molecule has 1 saturated carbocycles. The van der Waals surface area contributed by atoms with Crippen LogP contribution in [0.3, 0.4) is 0 Å². The minimum atomic E-state index is 0.690. The number of rotatable bonds is 3. The number of anilines is 1. The van der Waals surface area contributed by atoms with E-state index in [2.05, 4.69) is 34.7 Å². The molecule has 0 saturated heterocycles. The summed E-state index contributed by atoms with van der Waals surface area (Å²) >= 11 is 0. The smallest absolute Gasteiger partial charge is 0.0647 e. The Balaban J connectivity index is 1.74. The first kappa shape index (κ1) is 9.46. The fourth-order valence-electron chi connectivity index (χ4n) is 1.92. The molecule has 3 rings (SSSR count). The van der Waals surface area contributed by atoms with Gasteiger partial charge in [-0.15, -0.1) is 0 Å². The summed E-state index contributed by atoms with van der Waals surface area (Å²) < 4.78 is 1.87. The molecule has 1 aromatic carbocycles. The Morgan fingerprint density at radius 1 is 1.19 bits per heavy atom. The van der Waals surface area contributed by atoms with Gasteiger partial charge in [-0.25, -0.2) is 4.68 Å². The van der Waals surface area contributed by atoms with Crippen LogP contribution < -0.4 is 5.32 Å². The lowest BCUT2D eigenvalue weighted by Crippen LogP contribution is -2.26. The molecule has 1 N–H and O–H groups in total. The molecule has 1 aliphatic carbocycles. The van der Waals surface area contributed by atoms with E-state index in [1.807, 2.05) is 16.9 Å². The zero-order valence-corrected chi connectivity index (χ0v) is 9.13. The molecular weight excluding hydrogens is 198 g/mol. The highest BCUT2D eigenvalue weighted by atomic mass is 15.3. The summed E-state index contributed by atoms with van der Waals surface area (Å²) in [5.41, 5.74) is 2.31. The van der Waals surface area contributed by atoms with Gasteiger partial charge in [0.2, 0.25) is 0 Å². The van der Waals surface area contributed by atoms with Crippen LogP contribution in [0.1, 0.15) is 19.3 Å². The van der Waals surface area contributed by atoms with Crippen molar-refractivity contribution >= 4 is 5.69 Å². The maximum atomic E-state index is 4.20. The summed E-state index contributed by atoms with van der Waals surface area (Å²) in [5, 5.41) is 7.72. The third kappa shape index (κ3) is 1.81. The van der Waals surface area contributed by atoms with Gasteiger partial charge < -0.3 is 5.32 Å². The highest BCUT2D eigenvalue weighted by molar-refractivity contribution is 5.49. The van der Waals surface area contributed by atoms with Gasteiger partial charge in [0.15, 0.2) is 0 Å². The van der Waals surface area contributed by atoms with Crippen molar-refractivity contribution in [1.29, 1.82) is 0 Å².